The van der Waals surface area contributed by atoms with E-state index in [9.17, 15) is 4.79 Å². The average Bonchev–Trinajstić information content (AvgIpc) is 3.35. The molecule has 0 spiro atoms. The van der Waals surface area contributed by atoms with Gasteiger partial charge in [-0.3, -0.25) is 4.79 Å². The van der Waals surface area contributed by atoms with Crippen LogP contribution in [0.15, 0.2) is 30.3 Å². The van der Waals surface area contributed by atoms with Crippen molar-refractivity contribution in [2.24, 2.45) is 11.8 Å². The number of piperidine rings is 1. The Morgan fingerprint density at radius 2 is 1.81 bits per heavy atom. The van der Waals surface area contributed by atoms with Gasteiger partial charge in [0.2, 0.25) is 0 Å². The normalized spacial score (nSPS) is 38.6. The summed E-state index contributed by atoms with van der Waals surface area (Å²) in [6.07, 6.45) is 8.77. The van der Waals surface area contributed by atoms with Crippen molar-refractivity contribution in [2.45, 2.75) is 62.9 Å². The summed E-state index contributed by atoms with van der Waals surface area (Å²) in [4.78, 5) is 12.8. The molecule has 21 heavy (non-hydrogen) atoms. The predicted molar refractivity (Wildman–Crippen MR) is 84.2 cm³/mol. The summed E-state index contributed by atoms with van der Waals surface area (Å²) in [6.45, 7) is 0. The minimum absolute atomic E-state index is 0.142. The van der Waals surface area contributed by atoms with E-state index in [1.807, 2.05) is 0 Å². The lowest BCUT2D eigenvalue weighted by Crippen LogP contribution is -2.52. The molecule has 0 aromatic heterocycles. The van der Waals surface area contributed by atoms with Gasteiger partial charge in [-0.15, -0.1) is 0 Å². The van der Waals surface area contributed by atoms with E-state index >= 15 is 0 Å². The van der Waals surface area contributed by atoms with Crippen molar-refractivity contribution in [3.05, 3.63) is 35.9 Å². The molecule has 5 unspecified atom stereocenters. The molecule has 1 heterocycles. The Balaban J connectivity index is 1.38. The molecular weight excluding hydrogens is 258 g/mol. The van der Waals surface area contributed by atoms with Crippen LogP contribution in [0.25, 0.3) is 0 Å². The summed E-state index contributed by atoms with van der Waals surface area (Å²) >= 11 is 0. The Morgan fingerprint density at radius 3 is 2.67 bits per heavy atom. The van der Waals surface area contributed by atoms with Gasteiger partial charge in [0.05, 0.1) is 6.04 Å². The first-order chi connectivity index (χ1) is 10.3. The first kappa shape index (κ1) is 13.5. The minimum Gasteiger partial charge on any atom is -0.304 e. The van der Waals surface area contributed by atoms with Crippen molar-refractivity contribution >= 4 is 5.78 Å². The second-order valence-corrected chi connectivity index (χ2v) is 7.21. The molecule has 1 aliphatic heterocycles. The van der Waals surface area contributed by atoms with E-state index in [1.165, 1.54) is 37.7 Å². The van der Waals surface area contributed by atoms with Crippen LogP contribution in [-0.2, 0) is 4.79 Å². The van der Waals surface area contributed by atoms with Crippen molar-refractivity contribution in [3.63, 3.8) is 0 Å². The quantitative estimate of drug-likeness (QED) is 0.917. The number of nitrogens with one attached hydrogen (secondary N) is 1. The molecule has 3 fully saturated rings. The molecule has 1 aromatic rings. The Kier molecular flexibility index (Phi) is 3.58. The van der Waals surface area contributed by atoms with E-state index in [2.05, 4.69) is 35.6 Å². The molecule has 2 heteroatoms. The van der Waals surface area contributed by atoms with Gasteiger partial charge >= 0.3 is 0 Å². The fourth-order valence-electron chi connectivity index (χ4n) is 4.56. The Bertz CT molecular complexity index is 512. The van der Waals surface area contributed by atoms with Crippen LogP contribution in [0.5, 0.6) is 0 Å². The van der Waals surface area contributed by atoms with E-state index in [4.69, 9.17) is 0 Å². The molecule has 0 radical (unpaired) electrons. The first-order valence-corrected chi connectivity index (χ1v) is 8.67. The van der Waals surface area contributed by atoms with E-state index in [-0.39, 0.29) is 12.0 Å². The maximum absolute atomic E-state index is 12.8. The lowest BCUT2D eigenvalue weighted by atomic mass is 9.77. The van der Waals surface area contributed by atoms with Crippen LogP contribution in [-0.4, -0.2) is 17.9 Å². The Morgan fingerprint density at radius 1 is 1.00 bits per heavy atom. The van der Waals surface area contributed by atoms with E-state index < -0.39 is 0 Å². The van der Waals surface area contributed by atoms with Gasteiger partial charge in [-0.2, -0.15) is 0 Å². The monoisotopic (exact) mass is 283 g/mol. The van der Waals surface area contributed by atoms with Crippen molar-refractivity contribution in [3.8, 4) is 0 Å². The molecule has 0 bridgehead atoms. The number of Topliss-reactive ketones (excluding diaryl/α,β-unsaturated/α-hetero) is 1. The first-order valence-electron chi connectivity index (χ1n) is 8.67. The zero-order valence-electron chi connectivity index (χ0n) is 12.6. The molecule has 1 saturated heterocycles. The molecule has 2 nitrogen and oxygen atoms in total. The molecule has 0 amide bonds. The lowest BCUT2D eigenvalue weighted by Gasteiger charge is -2.40. The zero-order valence-corrected chi connectivity index (χ0v) is 12.6. The van der Waals surface area contributed by atoms with Crippen LogP contribution in [0.4, 0.5) is 0 Å². The smallest absolute Gasteiger partial charge is 0.153 e. The van der Waals surface area contributed by atoms with E-state index in [0.29, 0.717) is 17.7 Å². The molecule has 2 aliphatic carbocycles. The zero-order chi connectivity index (χ0) is 14.2. The van der Waals surface area contributed by atoms with Crippen molar-refractivity contribution in [1.82, 2.24) is 5.32 Å². The third kappa shape index (κ3) is 2.66. The van der Waals surface area contributed by atoms with Gasteiger partial charge in [0.15, 0.2) is 5.78 Å². The average molecular weight is 283 g/mol. The molecule has 1 N–H and O–H groups in total. The highest BCUT2D eigenvalue weighted by atomic mass is 16.1. The van der Waals surface area contributed by atoms with Gasteiger partial charge in [0, 0.05) is 12.0 Å². The maximum Gasteiger partial charge on any atom is 0.153 e. The van der Waals surface area contributed by atoms with Gasteiger partial charge < -0.3 is 5.32 Å². The second kappa shape index (κ2) is 5.57. The molecule has 5 atom stereocenters. The third-order valence-corrected chi connectivity index (χ3v) is 5.88. The van der Waals surface area contributed by atoms with Crippen LogP contribution in [0, 0.1) is 11.8 Å². The highest BCUT2D eigenvalue weighted by Crippen LogP contribution is 2.49. The van der Waals surface area contributed by atoms with Crippen LogP contribution < -0.4 is 5.32 Å². The highest BCUT2D eigenvalue weighted by molar-refractivity contribution is 5.89. The molecule has 3 aliphatic rings. The molecule has 1 aromatic carbocycles. The fraction of sp³-hybridized carbons (Fsp3) is 0.632. The lowest BCUT2D eigenvalue weighted by molar-refractivity contribution is -0.123. The van der Waals surface area contributed by atoms with Gasteiger partial charge in [0.1, 0.15) is 0 Å². The van der Waals surface area contributed by atoms with Gasteiger partial charge in [-0.25, -0.2) is 0 Å². The minimum atomic E-state index is 0.142. The molecular formula is C19H25NO. The van der Waals surface area contributed by atoms with Crippen LogP contribution in [0.3, 0.4) is 0 Å². The number of hydrogen-bond acceptors (Lipinski definition) is 2. The van der Waals surface area contributed by atoms with Gasteiger partial charge in [-0.1, -0.05) is 43.2 Å². The number of ketones is 1. The SMILES string of the molecule is O=C(C1CCC2CCCCC2N1)C1CC1c1ccccc1. The fourth-order valence-corrected chi connectivity index (χ4v) is 4.56. The van der Waals surface area contributed by atoms with Crippen LogP contribution in [0.2, 0.25) is 0 Å². The van der Waals surface area contributed by atoms with E-state index in [1.54, 1.807) is 0 Å². The van der Waals surface area contributed by atoms with Crippen molar-refractivity contribution < 1.29 is 4.79 Å². The van der Waals surface area contributed by atoms with Crippen molar-refractivity contribution in [2.75, 3.05) is 0 Å². The van der Waals surface area contributed by atoms with Crippen LogP contribution in [0.1, 0.15) is 56.4 Å². The summed E-state index contributed by atoms with van der Waals surface area (Å²) in [7, 11) is 0. The van der Waals surface area contributed by atoms with Crippen LogP contribution >= 0.6 is 0 Å². The van der Waals surface area contributed by atoms with E-state index in [0.717, 1.165) is 18.8 Å². The summed E-state index contributed by atoms with van der Waals surface area (Å²) in [6, 6.07) is 11.3. The largest absolute Gasteiger partial charge is 0.304 e. The maximum atomic E-state index is 12.8. The number of fused-ring (bicyclic) bond motifs is 1. The highest BCUT2D eigenvalue weighted by Gasteiger charge is 2.47. The molecule has 4 rings (SSSR count). The summed E-state index contributed by atoms with van der Waals surface area (Å²) < 4.78 is 0. The summed E-state index contributed by atoms with van der Waals surface area (Å²) in [5.74, 6) is 2.11. The number of carbonyl (C=O) groups is 1. The summed E-state index contributed by atoms with van der Waals surface area (Å²) in [5.41, 5.74) is 1.35. The Labute approximate surface area is 127 Å². The topological polar surface area (TPSA) is 29.1 Å². The number of benzene rings is 1. The third-order valence-electron chi connectivity index (χ3n) is 5.88. The second-order valence-electron chi connectivity index (χ2n) is 7.21. The molecule has 112 valence electrons. The van der Waals surface area contributed by atoms with Crippen molar-refractivity contribution in [1.29, 1.82) is 0 Å². The molecule has 2 saturated carbocycles. The summed E-state index contributed by atoms with van der Waals surface area (Å²) in [5, 5.41) is 3.70. The number of rotatable bonds is 3. The standard InChI is InChI=1S/C19H25NO/c21-19(16-12-15(16)13-6-2-1-3-7-13)18-11-10-14-8-4-5-9-17(14)20-18/h1-3,6-7,14-18,20H,4-5,8-12H2. The number of hydrogen-bond donors (Lipinski definition) is 1. The van der Waals surface area contributed by atoms with Gasteiger partial charge in [0.25, 0.3) is 0 Å². The Hall–Kier alpha value is -1.15. The predicted octanol–water partition coefficient (Wildman–Crippen LogP) is 3.67. The number of carbonyl (C=O) groups excluding carboxylic acids is 1. The van der Waals surface area contributed by atoms with Gasteiger partial charge in [-0.05, 0) is 49.5 Å².